The van der Waals surface area contributed by atoms with Crippen LogP contribution in [0.5, 0.6) is 0 Å². The maximum absolute atomic E-state index is 10.7. The molecule has 1 aromatic rings. The van der Waals surface area contributed by atoms with Crippen molar-refractivity contribution in [2.45, 2.75) is 51.0 Å². The van der Waals surface area contributed by atoms with E-state index in [0.717, 1.165) is 70.0 Å². The molecule has 3 heterocycles. The molecule has 0 unspecified atom stereocenters. The quantitative estimate of drug-likeness (QED) is 0.844. The van der Waals surface area contributed by atoms with Gasteiger partial charge < -0.3 is 20.2 Å². The van der Waals surface area contributed by atoms with Crippen LogP contribution in [0, 0.1) is 5.41 Å². The smallest absolute Gasteiger partial charge is 0.227 e. The normalized spacial score (nSPS) is 29.6. The van der Waals surface area contributed by atoms with Crippen LogP contribution in [0.25, 0.3) is 0 Å². The second-order valence-corrected chi connectivity index (χ2v) is 8.24. The summed E-state index contributed by atoms with van der Waals surface area (Å²) < 4.78 is 0. The molecule has 1 spiro atoms. The summed E-state index contributed by atoms with van der Waals surface area (Å²) in [5.74, 6) is 1.95. The number of nitrogens with zero attached hydrogens (tertiary/aromatic N) is 4. The van der Waals surface area contributed by atoms with Gasteiger partial charge >= 0.3 is 0 Å². The number of hydrogen-bond donors (Lipinski definition) is 2. The van der Waals surface area contributed by atoms with E-state index in [1.807, 2.05) is 19.0 Å². The molecule has 2 N–H and O–H groups in total. The minimum absolute atomic E-state index is 0.0265. The SMILES string of the molecule is CN(C)c1nc2c(c(N3CCC[C@]4(CNCC[C@@H]4O)C3)n1)CCCC2. The number of hydrogen-bond acceptors (Lipinski definition) is 6. The molecule has 4 rings (SSSR count). The number of aryl methyl sites for hydroxylation is 1. The predicted octanol–water partition coefficient (Wildman–Crippen LogP) is 1.36. The summed E-state index contributed by atoms with van der Waals surface area (Å²) in [6, 6.07) is 0. The van der Waals surface area contributed by atoms with Crippen molar-refractivity contribution < 1.29 is 5.11 Å². The van der Waals surface area contributed by atoms with Crippen molar-refractivity contribution >= 4 is 11.8 Å². The lowest BCUT2D eigenvalue weighted by Crippen LogP contribution is -2.58. The number of aromatic nitrogens is 2. The van der Waals surface area contributed by atoms with Crippen LogP contribution < -0.4 is 15.1 Å². The predicted molar refractivity (Wildman–Crippen MR) is 100 cm³/mol. The van der Waals surface area contributed by atoms with Crippen LogP contribution in [0.3, 0.4) is 0 Å². The second-order valence-electron chi connectivity index (χ2n) is 8.24. The molecule has 0 saturated carbocycles. The second kappa shape index (κ2) is 6.72. The van der Waals surface area contributed by atoms with Gasteiger partial charge in [0.25, 0.3) is 0 Å². The molecule has 2 saturated heterocycles. The lowest BCUT2D eigenvalue weighted by molar-refractivity contribution is -0.0102. The van der Waals surface area contributed by atoms with Crippen LogP contribution in [0.15, 0.2) is 0 Å². The fourth-order valence-corrected chi connectivity index (χ4v) is 4.78. The van der Waals surface area contributed by atoms with E-state index in [-0.39, 0.29) is 11.5 Å². The van der Waals surface area contributed by atoms with Crippen molar-refractivity contribution in [3.63, 3.8) is 0 Å². The summed E-state index contributed by atoms with van der Waals surface area (Å²) >= 11 is 0. The van der Waals surface area contributed by atoms with Gasteiger partial charge in [0.15, 0.2) is 0 Å². The zero-order valence-corrected chi connectivity index (χ0v) is 15.6. The first kappa shape index (κ1) is 17.0. The summed E-state index contributed by atoms with van der Waals surface area (Å²) in [5.41, 5.74) is 2.57. The van der Waals surface area contributed by atoms with Gasteiger partial charge in [-0.2, -0.15) is 4.98 Å². The largest absolute Gasteiger partial charge is 0.392 e. The van der Waals surface area contributed by atoms with Gasteiger partial charge in [0.2, 0.25) is 5.95 Å². The molecule has 0 aromatic carbocycles. The Morgan fingerprint density at radius 1 is 1.20 bits per heavy atom. The summed E-state index contributed by atoms with van der Waals surface area (Å²) in [7, 11) is 4.03. The van der Waals surface area contributed by atoms with E-state index in [1.54, 1.807) is 0 Å². The fourth-order valence-electron chi connectivity index (χ4n) is 4.78. The molecule has 2 aliphatic heterocycles. The molecule has 25 heavy (non-hydrogen) atoms. The topological polar surface area (TPSA) is 64.5 Å². The maximum atomic E-state index is 10.7. The van der Waals surface area contributed by atoms with Crippen molar-refractivity contribution in [1.29, 1.82) is 0 Å². The minimum atomic E-state index is -0.206. The third-order valence-electron chi connectivity index (χ3n) is 6.24. The molecule has 1 aliphatic carbocycles. The molecular formula is C19H31N5O. The molecule has 3 aliphatic rings. The molecular weight excluding hydrogens is 314 g/mol. The van der Waals surface area contributed by atoms with Crippen LogP contribution in [-0.4, -0.2) is 61.5 Å². The van der Waals surface area contributed by atoms with Gasteiger partial charge in [-0.05, 0) is 51.5 Å². The zero-order chi connectivity index (χ0) is 17.4. The van der Waals surface area contributed by atoms with E-state index in [0.29, 0.717) is 0 Å². The van der Waals surface area contributed by atoms with Crippen LogP contribution in [0.1, 0.15) is 43.4 Å². The van der Waals surface area contributed by atoms with Gasteiger partial charge in [-0.3, -0.25) is 0 Å². The van der Waals surface area contributed by atoms with Crippen LogP contribution in [-0.2, 0) is 12.8 Å². The maximum Gasteiger partial charge on any atom is 0.227 e. The lowest BCUT2D eigenvalue weighted by atomic mass is 9.72. The van der Waals surface area contributed by atoms with Gasteiger partial charge in [0.1, 0.15) is 5.82 Å². The molecule has 6 nitrogen and oxygen atoms in total. The fraction of sp³-hybridized carbons (Fsp3) is 0.789. The van der Waals surface area contributed by atoms with Gasteiger partial charge in [-0.15, -0.1) is 0 Å². The van der Waals surface area contributed by atoms with Gasteiger partial charge in [-0.1, -0.05) is 0 Å². The number of aliphatic hydroxyl groups excluding tert-OH is 1. The van der Waals surface area contributed by atoms with E-state index in [9.17, 15) is 5.11 Å². The van der Waals surface area contributed by atoms with Crippen molar-refractivity contribution in [3.05, 3.63) is 11.3 Å². The monoisotopic (exact) mass is 345 g/mol. The average molecular weight is 345 g/mol. The van der Waals surface area contributed by atoms with Crippen molar-refractivity contribution in [3.8, 4) is 0 Å². The minimum Gasteiger partial charge on any atom is -0.392 e. The Labute approximate surface area is 150 Å². The van der Waals surface area contributed by atoms with Crippen molar-refractivity contribution in [2.75, 3.05) is 50.1 Å². The summed E-state index contributed by atoms with van der Waals surface area (Å²) in [4.78, 5) is 14.2. The Morgan fingerprint density at radius 2 is 2.04 bits per heavy atom. The molecule has 6 heteroatoms. The molecule has 2 fully saturated rings. The standard InChI is InChI=1S/C19H31N5O/c1-23(2)18-21-15-7-4-3-6-14(15)17(22-18)24-11-5-9-19(13-24)12-20-10-8-16(19)25/h16,20,25H,3-13H2,1-2H3/t16-,19-/m0/s1. The summed E-state index contributed by atoms with van der Waals surface area (Å²) in [6.07, 6.45) is 7.48. The number of anilines is 2. The molecule has 2 atom stereocenters. The average Bonchev–Trinajstić information content (AvgIpc) is 2.63. The van der Waals surface area contributed by atoms with E-state index >= 15 is 0 Å². The number of nitrogens with one attached hydrogen (secondary N) is 1. The first-order chi connectivity index (χ1) is 12.1. The number of rotatable bonds is 2. The van der Waals surface area contributed by atoms with Crippen molar-refractivity contribution in [1.82, 2.24) is 15.3 Å². The van der Waals surface area contributed by atoms with Crippen LogP contribution in [0.2, 0.25) is 0 Å². The highest BCUT2D eigenvalue weighted by atomic mass is 16.3. The number of piperidine rings is 2. The van der Waals surface area contributed by atoms with E-state index in [2.05, 4.69) is 10.2 Å². The van der Waals surface area contributed by atoms with Gasteiger partial charge in [0, 0.05) is 44.7 Å². The first-order valence-corrected chi connectivity index (χ1v) is 9.80. The molecule has 138 valence electrons. The van der Waals surface area contributed by atoms with Crippen LogP contribution >= 0.6 is 0 Å². The summed E-state index contributed by atoms with van der Waals surface area (Å²) in [5, 5.41) is 14.2. The highest BCUT2D eigenvalue weighted by Crippen LogP contribution is 2.39. The highest BCUT2D eigenvalue weighted by molar-refractivity contribution is 5.54. The molecule has 0 radical (unpaired) electrons. The Kier molecular flexibility index (Phi) is 4.58. The van der Waals surface area contributed by atoms with Gasteiger partial charge in [0.05, 0.1) is 11.8 Å². The number of fused-ring (bicyclic) bond motifs is 1. The van der Waals surface area contributed by atoms with Gasteiger partial charge in [-0.25, -0.2) is 4.98 Å². The third-order valence-corrected chi connectivity index (χ3v) is 6.24. The number of aliphatic hydroxyl groups is 1. The molecule has 0 bridgehead atoms. The van der Waals surface area contributed by atoms with E-state index in [1.165, 1.54) is 24.1 Å². The Bertz CT molecular complexity index is 630. The lowest BCUT2D eigenvalue weighted by Gasteiger charge is -2.49. The molecule has 0 amide bonds. The first-order valence-electron chi connectivity index (χ1n) is 9.80. The Morgan fingerprint density at radius 3 is 2.84 bits per heavy atom. The highest BCUT2D eigenvalue weighted by Gasteiger charge is 2.44. The summed E-state index contributed by atoms with van der Waals surface area (Å²) in [6.45, 7) is 3.78. The van der Waals surface area contributed by atoms with E-state index in [4.69, 9.17) is 9.97 Å². The van der Waals surface area contributed by atoms with Crippen molar-refractivity contribution in [2.24, 2.45) is 5.41 Å². The third kappa shape index (κ3) is 3.10. The van der Waals surface area contributed by atoms with Crippen LogP contribution in [0.4, 0.5) is 11.8 Å². The molecule has 1 aromatic heterocycles. The Hall–Kier alpha value is -1.40. The van der Waals surface area contributed by atoms with E-state index < -0.39 is 0 Å². The zero-order valence-electron chi connectivity index (χ0n) is 15.6. The Balaban J connectivity index is 1.69.